The van der Waals surface area contributed by atoms with Crippen molar-refractivity contribution in [2.75, 3.05) is 0 Å². The summed E-state index contributed by atoms with van der Waals surface area (Å²) in [7, 11) is 0. The quantitative estimate of drug-likeness (QED) is 0.678. The Kier molecular flexibility index (Phi) is 2.18. The summed E-state index contributed by atoms with van der Waals surface area (Å²) in [4.78, 5) is 0. The fourth-order valence-electron chi connectivity index (χ4n) is 1.20. The van der Waals surface area contributed by atoms with Gasteiger partial charge in [-0.3, -0.25) is 0 Å². The molecule has 0 radical (unpaired) electrons. The molecule has 2 aromatic heterocycles. The average molecular weight is 186 g/mol. The summed E-state index contributed by atoms with van der Waals surface area (Å²) in [6.07, 6.45) is 3.39. The zero-order valence-electron chi connectivity index (χ0n) is 8.10. The number of nitrogens with zero attached hydrogens (tertiary/aromatic N) is 4. The Morgan fingerprint density at radius 3 is 2.64 bits per heavy atom. The number of aryl methyl sites for hydroxylation is 1. The van der Waals surface area contributed by atoms with Crippen LogP contribution in [0.15, 0.2) is 24.5 Å². The Morgan fingerprint density at radius 1 is 1.07 bits per heavy atom. The van der Waals surface area contributed by atoms with E-state index in [1.807, 2.05) is 26.0 Å². The van der Waals surface area contributed by atoms with Crippen LogP contribution in [0.1, 0.15) is 11.1 Å². The van der Waals surface area contributed by atoms with Crippen molar-refractivity contribution in [3.63, 3.8) is 0 Å². The first kappa shape index (κ1) is 8.74. The molecule has 14 heavy (non-hydrogen) atoms. The van der Waals surface area contributed by atoms with E-state index in [1.54, 1.807) is 12.4 Å². The lowest BCUT2D eigenvalue weighted by atomic mass is 10.1. The standard InChI is InChI=1S/C10H10N4/c1-7-6-12-14-10(8(7)2)9-4-3-5-11-13-9/h3-6H,1-2H3. The molecule has 2 rings (SSSR count). The van der Waals surface area contributed by atoms with Crippen molar-refractivity contribution >= 4 is 0 Å². The van der Waals surface area contributed by atoms with Gasteiger partial charge in [0.2, 0.25) is 0 Å². The molecule has 0 aliphatic heterocycles. The number of aromatic nitrogens is 4. The molecule has 2 aromatic rings. The molecule has 0 atom stereocenters. The third-order valence-electron chi connectivity index (χ3n) is 2.17. The monoisotopic (exact) mass is 186 g/mol. The summed E-state index contributed by atoms with van der Waals surface area (Å²) in [6, 6.07) is 3.72. The van der Waals surface area contributed by atoms with Crippen molar-refractivity contribution in [1.82, 2.24) is 20.4 Å². The van der Waals surface area contributed by atoms with Crippen LogP contribution in [0.5, 0.6) is 0 Å². The van der Waals surface area contributed by atoms with Crippen LogP contribution in [0.25, 0.3) is 11.4 Å². The zero-order valence-corrected chi connectivity index (χ0v) is 8.10. The van der Waals surface area contributed by atoms with E-state index in [1.165, 1.54) is 0 Å². The van der Waals surface area contributed by atoms with Crippen molar-refractivity contribution in [1.29, 1.82) is 0 Å². The summed E-state index contributed by atoms with van der Waals surface area (Å²) < 4.78 is 0. The largest absolute Gasteiger partial charge is 0.158 e. The van der Waals surface area contributed by atoms with Crippen LogP contribution in [-0.4, -0.2) is 20.4 Å². The van der Waals surface area contributed by atoms with Gasteiger partial charge in [-0.25, -0.2) is 0 Å². The van der Waals surface area contributed by atoms with Crippen LogP contribution in [0.4, 0.5) is 0 Å². The first-order chi connectivity index (χ1) is 6.79. The summed E-state index contributed by atoms with van der Waals surface area (Å²) in [5.74, 6) is 0. The lowest BCUT2D eigenvalue weighted by Crippen LogP contribution is -1.96. The molecule has 0 unspecified atom stereocenters. The normalized spacial score (nSPS) is 10.1. The Balaban J connectivity index is 2.58. The van der Waals surface area contributed by atoms with E-state index in [2.05, 4.69) is 20.4 Å². The minimum atomic E-state index is 0.765. The van der Waals surface area contributed by atoms with Gasteiger partial charge in [0.05, 0.1) is 6.20 Å². The molecule has 0 spiro atoms. The van der Waals surface area contributed by atoms with E-state index >= 15 is 0 Å². The molecule has 4 heteroatoms. The molecule has 2 heterocycles. The van der Waals surface area contributed by atoms with Crippen molar-refractivity contribution in [2.24, 2.45) is 0 Å². The minimum absolute atomic E-state index is 0.765. The molecule has 0 fully saturated rings. The molecule has 0 saturated heterocycles. The molecule has 0 saturated carbocycles. The third kappa shape index (κ3) is 1.46. The van der Waals surface area contributed by atoms with E-state index in [4.69, 9.17) is 0 Å². The molecule has 0 bridgehead atoms. The van der Waals surface area contributed by atoms with Gasteiger partial charge in [0.25, 0.3) is 0 Å². The molecule has 0 aliphatic carbocycles. The Morgan fingerprint density at radius 2 is 1.93 bits per heavy atom. The maximum atomic E-state index is 4.06. The predicted molar refractivity (Wildman–Crippen MR) is 52.5 cm³/mol. The summed E-state index contributed by atoms with van der Waals surface area (Å²) in [5, 5.41) is 15.8. The van der Waals surface area contributed by atoms with E-state index in [0.717, 1.165) is 22.5 Å². The zero-order chi connectivity index (χ0) is 9.97. The van der Waals surface area contributed by atoms with Crippen molar-refractivity contribution in [2.45, 2.75) is 13.8 Å². The topological polar surface area (TPSA) is 51.6 Å². The van der Waals surface area contributed by atoms with Crippen LogP contribution in [-0.2, 0) is 0 Å². The Hall–Kier alpha value is -1.84. The van der Waals surface area contributed by atoms with Gasteiger partial charge in [0.1, 0.15) is 11.4 Å². The van der Waals surface area contributed by atoms with Gasteiger partial charge in [-0.2, -0.15) is 10.2 Å². The molecule has 0 aromatic carbocycles. The lowest BCUT2D eigenvalue weighted by Gasteiger charge is -2.03. The SMILES string of the molecule is Cc1cnnc(-c2cccnn2)c1C. The minimum Gasteiger partial charge on any atom is -0.158 e. The van der Waals surface area contributed by atoms with Crippen LogP contribution in [0.3, 0.4) is 0 Å². The van der Waals surface area contributed by atoms with Crippen LogP contribution in [0, 0.1) is 13.8 Å². The highest BCUT2D eigenvalue weighted by Crippen LogP contribution is 2.18. The highest BCUT2D eigenvalue weighted by atomic mass is 15.1. The Bertz CT molecular complexity index is 439. The molecule has 0 N–H and O–H groups in total. The second-order valence-electron chi connectivity index (χ2n) is 3.11. The highest BCUT2D eigenvalue weighted by molar-refractivity contribution is 5.58. The summed E-state index contributed by atoms with van der Waals surface area (Å²) in [6.45, 7) is 4.01. The van der Waals surface area contributed by atoms with Gasteiger partial charge in [-0.05, 0) is 37.1 Å². The highest BCUT2D eigenvalue weighted by Gasteiger charge is 2.06. The van der Waals surface area contributed by atoms with Gasteiger partial charge in [-0.1, -0.05) is 0 Å². The second-order valence-corrected chi connectivity index (χ2v) is 3.11. The second kappa shape index (κ2) is 3.49. The van der Waals surface area contributed by atoms with E-state index in [-0.39, 0.29) is 0 Å². The van der Waals surface area contributed by atoms with E-state index in [9.17, 15) is 0 Å². The maximum Gasteiger partial charge on any atom is 0.116 e. The summed E-state index contributed by atoms with van der Waals surface area (Å²) in [5.41, 5.74) is 3.78. The van der Waals surface area contributed by atoms with Gasteiger partial charge in [-0.15, -0.1) is 10.2 Å². The first-order valence-corrected chi connectivity index (χ1v) is 4.36. The van der Waals surface area contributed by atoms with Gasteiger partial charge < -0.3 is 0 Å². The molecular weight excluding hydrogens is 176 g/mol. The molecule has 0 aliphatic rings. The molecule has 70 valence electrons. The predicted octanol–water partition coefficient (Wildman–Crippen LogP) is 1.55. The molecular formula is C10H10N4. The molecule has 0 amide bonds. The fourth-order valence-corrected chi connectivity index (χ4v) is 1.20. The van der Waals surface area contributed by atoms with Crippen LogP contribution >= 0.6 is 0 Å². The van der Waals surface area contributed by atoms with Gasteiger partial charge >= 0.3 is 0 Å². The van der Waals surface area contributed by atoms with Crippen LogP contribution in [0.2, 0.25) is 0 Å². The number of rotatable bonds is 1. The maximum absolute atomic E-state index is 4.06. The summed E-state index contributed by atoms with van der Waals surface area (Å²) >= 11 is 0. The van der Waals surface area contributed by atoms with Gasteiger partial charge in [0.15, 0.2) is 0 Å². The van der Waals surface area contributed by atoms with Crippen molar-refractivity contribution in [3.8, 4) is 11.4 Å². The first-order valence-electron chi connectivity index (χ1n) is 4.36. The third-order valence-corrected chi connectivity index (χ3v) is 2.17. The molecule has 4 nitrogen and oxygen atoms in total. The van der Waals surface area contributed by atoms with Crippen molar-refractivity contribution in [3.05, 3.63) is 35.7 Å². The number of hydrogen-bond donors (Lipinski definition) is 0. The Labute approximate surface area is 82.0 Å². The van der Waals surface area contributed by atoms with E-state index < -0.39 is 0 Å². The smallest absolute Gasteiger partial charge is 0.116 e. The van der Waals surface area contributed by atoms with E-state index in [0.29, 0.717) is 0 Å². The van der Waals surface area contributed by atoms with Crippen molar-refractivity contribution < 1.29 is 0 Å². The number of hydrogen-bond acceptors (Lipinski definition) is 4. The lowest BCUT2D eigenvalue weighted by molar-refractivity contribution is 0.967. The van der Waals surface area contributed by atoms with Gasteiger partial charge in [0, 0.05) is 6.20 Å². The average Bonchev–Trinajstić information content (AvgIpc) is 2.23. The fraction of sp³-hybridized carbons (Fsp3) is 0.200. The van der Waals surface area contributed by atoms with Crippen LogP contribution < -0.4 is 0 Å².